The lowest BCUT2D eigenvalue weighted by molar-refractivity contribution is -0.384. The average Bonchev–Trinajstić information content (AvgIpc) is 2.55. The van der Waals surface area contributed by atoms with E-state index in [4.69, 9.17) is 0 Å². The first-order valence-electron chi connectivity index (χ1n) is 7.10. The number of aromatic nitrogens is 2. The quantitative estimate of drug-likeness (QED) is 0.516. The van der Waals surface area contributed by atoms with Gasteiger partial charge in [0.2, 0.25) is 5.82 Å². The third kappa shape index (κ3) is 3.05. The normalized spacial score (nSPS) is 17.2. The van der Waals surface area contributed by atoms with Crippen LogP contribution in [0, 0.1) is 10.1 Å². The van der Waals surface area contributed by atoms with Gasteiger partial charge in [0.15, 0.2) is 0 Å². The van der Waals surface area contributed by atoms with Gasteiger partial charge >= 0.3 is 5.69 Å². The largest absolute Gasteiger partial charge is 0.362 e. The molecule has 0 amide bonds. The van der Waals surface area contributed by atoms with Crippen molar-refractivity contribution in [2.75, 3.05) is 5.32 Å². The summed E-state index contributed by atoms with van der Waals surface area (Å²) < 4.78 is 1.61. The Bertz CT molecular complexity index is 448. The van der Waals surface area contributed by atoms with Crippen molar-refractivity contribution in [3.8, 4) is 0 Å². The predicted molar refractivity (Wildman–Crippen MR) is 74.4 cm³/mol. The molecule has 1 fully saturated rings. The van der Waals surface area contributed by atoms with Gasteiger partial charge in [0.25, 0.3) is 0 Å². The number of hydrogen-bond acceptors (Lipinski definition) is 4. The SMILES string of the molecule is CCc1nn(C)c(NC2CCCCCC2)c1[N+](=O)[O-]. The highest BCUT2D eigenvalue weighted by molar-refractivity contribution is 5.60. The maximum Gasteiger partial charge on any atom is 0.333 e. The molecule has 6 heteroatoms. The molecule has 1 aliphatic rings. The average molecular weight is 266 g/mol. The number of hydrogen-bond donors (Lipinski definition) is 1. The fourth-order valence-electron chi connectivity index (χ4n) is 2.78. The molecule has 0 spiro atoms. The standard InChI is InChI=1S/C13H22N4O2/c1-3-11-12(17(18)19)13(16(2)15-11)14-10-8-6-4-5-7-9-10/h10,14H,3-9H2,1-2H3. The second-order valence-electron chi connectivity index (χ2n) is 5.21. The Kier molecular flexibility index (Phi) is 4.39. The molecule has 19 heavy (non-hydrogen) atoms. The summed E-state index contributed by atoms with van der Waals surface area (Å²) in [5.74, 6) is 0.564. The molecule has 1 saturated carbocycles. The van der Waals surface area contributed by atoms with Crippen LogP contribution >= 0.6 is 0 Å². The molecule has 0 atom stereocenters. The molecular weight excluding hydrogens is 244 g/mol. The van der Waals surface area contributed by atoms with Crippen molar-refractivity contribution in [1.29, 1.82) is 0 Å². The molecule has 1 aromatic heterocycles. The number of nitrogens with zero attached hydrogens (tertiary/aromatic N) is 3. The van der Waals surface area contributed by atoms with Gasteiger partial charge in [-0.1, -0.05) is 32.6 Å². The van der Waals surface area contributed by atoms with Crippen LogP contribution in [0.15, 0.2) is 0 Å². The fourth-order valence-corrected chi connectivity index (χ4v) is 2.78. The summed E-state index contributed by atoms with van der Waals surface area (Å²) in [6.07, 6.45) is 7.69. The molecule has 0 unspecified atom stereocenters. The van der Waals surface area contributed by atoms with E-state index in [1.807, 2.05) is 6.92 Å². The molecule has 0 radical (unpaired) electrons. The molecule has 6 nitrogen and oxygen atoms in total. The summed E-state index contributed by atoms with van der Waals surface area (Å²) in [5, 5.41) is 18.8. The van der Waals surface area contributed by atoms with E-state index in [9.17, 15) is 10.1 Å². The zero-order chi connectivity index (χ0) is 13.8. The Morgan fingerprint density at radius 1 is 1.37 bits per heavy atom. The molecule has 1 heterocycles. The first-order chi connectivity index (χ1) is 9.13. The molecule has 106 valence electrons. The minimum absolute atomic E-state index is 0.147. The third-order valence-corrected chi connectivity index (χ3v) is 3.81. The summed E-state index contributed by atoms with van der Waals surface area (Å²) in [5.41, 5.74) is 0.706. The van der Waals surface area contributed by atoms with Gasteiger partial charge in [-0.05, 0) is 19.3 Å². The Hall–Kier alpha value is -1.59. The monoisotopic (exact) mass is 266 g/mol. The molecule has 0 aromatic carbocycles. The third-order valence-electron chi connectivity index (χ3n) is 3.81. The van der Waals surface area contributed by atoms with Crippen molar-refractivity contribution in [3.63, 3.8) is 0 Å². The van der Waals surface area contributed by atoms with E-state index in [-0.39, 0.29) is 10.6 Å². The van der Waals surface area contributed by atoms with Gasteiger partial charge in [0.05, 0.1) is 4.92 Å². The number of aryl methyl sites for hydroxylation is 2. The van der Waals surface area contributed by atoms with Crippen LogP contribution in [0.25, 0.3) is 0 Å². The van der Waals surface area contributed by atoms with Crippen molar-refractivity contribution < 1.29 is 4.92 Å². The van der Waals surface area contributed by atoms with Crippen LogP contribution in [0.2, 0.25) is 0 Å². The van der Waals surface area contributed by atoms with Crippen molar-refractivity contribution in [3.05, 3.63) is 15.8 Å². The van der Waals surface area contributed by atoms with Crippen molar-refractivity contribution in [1.82, 2.24) is 9.78 Å². The molecule has 0 bridgehead atoms. The zero-order valence-corrected chi connectivity index (χ0v) is 11.7. The minimum Gasteiger partial charge on any atom is -0.362 e. The summed E-state index contributed by atoms with van der Waals surface area (Å²) in [6.45, 7) is 1.89. The van der Waals surface area contributed by atoms with Crippen molar-refractivity contribution >= 4 is 11.5 Å². The van der Waals surface area contributed by atoms with Gasteiger partial charge in [-0.25, -0.2) is 4.68 Å². The highest BCUT2D eigenvalue weighted by Gasteiger charge is 2.27. The topological polar surface area (TPSA) is 73.0 Å². The van der Waals surface area contributed by atoms with E-state index in [2.05, 4.69) is 10.4 Å². The van der Waals surface area contributed by atoms with Gasteiger partial charge in [-0.3, -0.25) is 10.1 Å². The van der Waals surface area contributed by atoms with Crippen molar-refractivity contribution in [2.24, 2.45) is 7.05 Å². The van der Waals surface area contributed by atoms with E-state index in [1.54, 1.807) is 11.7 Å². The van der Waals surface area contributed by atoms with E-state index < -0.39 is 0 Å². The molecule has 0 saturated heterocycles. The molecule has 1 aromatic rings. The van der Waals surface area contributed by atoms with E-state index in [1.165, 1.54) is 25.7 Å². The summed E-state index contributed by atoms with van der Waals surface area (Å²) in [6, 6.07) is 0.335. The first kappa shape index (κ1) is 13.8. The van der Waals surface area contributed by atoms with Crippen LogP contribution in [-0.2, 0) is 13.5 Å². The van der Waals surface area contributed by atoms with Gasteiger partial charge < -0.3 is 5.32 Å². The lowest BCUT2D eigenvalue weighted by Gasteiger charge is -2.16. The van der Waals surface area contributed by atoms with Gasteiger partial charge in [-0.15, -0.1) is 0 Å². The summed E-state index contributed by atoms with van der Waals surface area (Å²) in [7, 11) is 1.77. The summed E-state index contributed by atoms with van der Waals surface area (Å²) in [4.78, 5) is 10.9. The number of nitrogens with one attached hydrogen (secondary N) is 1. The minimum atomic E-state index is -0.315. The van der Waals surface area contributed by atoms with Crippen molar-refractivity contribution in [2.45, 2.75) is 57.9 Å². The van der Waals surface area contributed by atoms with E-state index in [0.717, 1.165) is 12.8 Å². The van der Waals surface area contributed by atoms with Crippen LogP contribution in [0.1, 0.15) is 51.1 Å². The number of anilines is 1. The maximum absolute atomic E-state index is 11.2. The molecule has 2 rings (SSSR count). The van der Waals surface area contributed by atoms with Crippen LogP contribution in [0.3, 0.4) is 0 Å². The Labute approximate surface area is 113 Å². The second kappa shape index (κ2) is 6.04. The molecule has 1 aliphatic carbocycles. The Morgan fingerprint density at radius 3 is 2.53 bits per heavy atom. The number of rotatable bonds is 4. The number of nitro groups is 1. The van der Waals surface area contributed by atoms with Gasteiger partial charge in [0.1, 0.15) is 5.69 Å². The molecule has 0 aliphatic heterocycles. The Balaban J connectivity index is 2.23. The van der Waals surface area contributed by atoms with E-state index in [0.29, 0.717) is 24.0 Å². The van der Waals surface area contributed by atoms with Crippen LogP contribution in [0.5, 0.6) is 0 Å². The second-order valence-corrected chi connectivity index (χ2v) is 5.21. The van der Waals surface area contributed by atoms with Crippen LogP contribution in [0.4, 0.5) is 11.5 Å². The highest BCUT2D eigenvalue weighted by Crippen LogP contribution is 2.30. The lowest BCUT2D eigenvalue weighted by Crippen LogP contribution is -2.20. The highest BCUT2D eigenvalue weighted by atomic mass is 16.6. The van der Waals surface area contributed by atoms with Gasteiger partial charge in [0, 0.05) is 13.1 Å². The molecule has 1 N–H and O–H groups in total. The Morgan fingerprint density at radius 2 is 2.00 bits per heavy atom. The predicted octanol–water partition coefficient (Wildman–Crippen LogP) is 3.03. The zero-order valence-electron chi connectivity index (χ0n) is 11.7. The maximum atomic E-state index is 11.2. The molecular formula is C13H22N4O2. The van der Waals surface area contributed by atoms with Crippen LogP contribution < -0.4 is 5.32 Å². The summed E-state index contributed by atoms with van der Waals surface area (Å²) >= 11 is 0. The lowest BCUT2D eigenvalue weighted by atomic mass is 10.1. The smallest absolute Gasteiger partial charge is 0.333 e. The first-order valence-corrected chi connectivity index (χ1v) is 7.10. The fraction of sp³-hybridized carbons (Fsp3) is 0.769. The van der Waals surface area contributed by atoms with Gasteiger partial charge in [-0.2, -0.15) is 5.10 Å². The van der Waals surface area contributed by atoms with E-state index >= 15 is 0 Å². The van der Waals surface area contributed by atoms with Crippen LogP contribution in [-0.4, -0.2) is 20.7 Å².